The minimum absolute atomic E-state index is 0.0139. The molecule has 1 unspecified atom stereocenters. The lowest BCUT2D eigenvalue weighted by molar-refractivity contribution is 0.0929. The summed E-state index contributed by atoms with van der Waals surface area (Å²) >= 11 is 1.78. The fourth-order valence-corrected chi connectivity index (χ4v) is 3.39. The first-order valence-electron chi connectivity index (χ1n) is 5.48. The molecule has 3 heteroatoms. The van der Waals surface area contributed by atoms with E-state index in [4.69, 9.17) is 0 Å². The highest BCUT2D eigenvalue weighted by atomic mass is 32.2. The molecule has 2 rings (SSSR count). The van der Waals surface area contributed by atoms with Crippen molar-refractivity contribution in [3.63, 3.8) is 0 Å². The molecule has 0 spiro atoms. The van der Waals surface area contributed by atoms with E-state index >= 15 is 0 Å². The summed E-state index contributed by atoms with van der Waals surface area (Å²) in [5, 5.41) is 0. The van der Waals surface area contributed by atoms with Gasteiger partial charge in [0.2, 0.25) is 0 Å². The van der Waals surface area contributed by atoms with Gasteiger partial charge < -0.3 is 0 Å². The second-order valence-corrected chi connectivity index (χ2v) is 5.51. The van der Waals surface area contributed by atoms with Crippen LogP contribution in [0.15, 0.2) is 12.1 Å². The summed E-state index contributed by atoms with van der Waals surface area (Å²) in [5.74, 6) is 1.49. The van der Waals surface area contributed by atoms with Gasteiger partial charge in [0.05, 0.1) is 5.56 Å². The van der Waals surface area contributed by atoms with Crippen molar-refractivity contribution >= 4 is 17.5 Å². The zero-order valence-electron chi connectivity index (χ0n) is 9.55. The minimum Gasteiger partial charge on any atom is -0.294 e. The summed E-state index contributed by atoms with van der Waals surface area (Å²) in [6.07, 6.45) is 0.885. The number of benzene rings is 1. The van der Waals surface area contributed by atoms with Crippen LogP contribution >= 0.6 is 11.8 Å². The van der Waals surface area contributed by atoms with Crippen molar-refractivity contribution in [3.8, 4) is 0 Å². The zero-order valence-corrected chi connectivity index (χ0v) is 10.4. The van der Waals surface area contributed by atoms with Crippen molar-refractivity contribution in [3.05, 3.63) is 34.6 Å². The topological polar surface area (TPSA) is 17.1 Å². The van der Waals surface area contributed by atoms with E-state index in [1.807, 2.05) is 19.9 Å². The van der Waals surface area contributed by atoms with E-state index in [0.717, 1.165) is 29.1 Å². The van der Waals surface area contributed by atoms with Gasteiger partial charge in [-0.2, -0.15) is 11.8 Å². The molecule has 1 heterocycles. The highest BCUT2D eigenvalue weighted by Gasteiger charge is 2.27. The summed E-state index contributed by atoms with van der Waals surface area (Å²) in [6.45, 7) is 3.65. The number of Topliss-reactive ketones (excluding diaryl/α,β-unsaturated/α-hetero) is 1. The number of rotatable bonds is 2. The average molecular weight is 238 g/mol. The molecule has 1 aromatic rings. The van der Waals surface area contributed by atoms with Gasteiger partial charge in [-0.1, -0.05) is 6.07 Å². The van der Waals surface area contributed by atoms with E-state index in [-0.39, 0.29) is 17.5 Å². The van der Waals surface area contributed by atoms with Crippen molar-refractivity contribution in [1.29, 1.82) is 0 Å². The van der Waals surface area contributed by atoms with Crippen molar-refractivity contribution in [2.75, 3.05) is 11.5 Å². The smallest absolute Gasteiger partial charge is 0.170 e. The largest absolute Gasteiger partial charge is 0.294 e. The van der Waals surface area contributed by atoms with E-state index in [0.29, 0.717) is 5.56 Å². The second kappa shape index (κ2) is 4.58. The van der Waals surface area contributed by atoms with Crippen LogP contribution in [0.1, 0.15) is 27.9 Å². The maximum absolute atomic E-state index is 13.8. The van der Waals surface area contributed by atoms with Crippen LogP contribution in [0.4, 0.5) is 4.39 Å². The predicted octanol–water partition coefficient (Wildman–Crippen LogP) is 3.38. The molecule has 86 valence electrons. The summed E-state index contributed by atoms with van der Waals surface area (Å²) in [4.78, 5) is 12.1. The Morgan fingerprint density at radius 2 is 2.19 bits per heavy atom. The number of hydrogen-bond donors (Lipinski definition) is 0. The molecule has 0 bridgehead atoms. The molecule has 1 fully saturated rings. The van der Waals surface area contributed by atoms with Crippen LogP contribution in [-0.2, 0) is 0 Å². The van der Waals surface area contributed by atoms with Gasteiger partial charge in [-0.25, -0.2) is 4.39 Å². The second-order valence-electron chi connectivity index (χ2n) is 4.36. The maximum atomic E-state index is 13.8. The van der Waals surface area contributed by atoms with Gasteiger partial charge in [0, 0.05) is 11.7 Å². The molecule has 0 radical (unpaired) electrons. The minimum atomic E-state index is -0.362. The molecular weight excluding hydrogens is 223 g/mol. The Morgan fingerprint density at radius 1 is 1.44 bits per heavy atom. The molecule has 1 atom stereocenters. The first-order valence-corrected chi connectivity index (χ1v) is 6.64. The average Bonchev–Trinajstić information content (AvgIpc) is 2.67. The standard InChI is InChI=1S/C13H15FOS/c1-8-5-9(2)12(11(14)6-8)13(15)10-3-4-16-7-10/h5-6,10H,3-4,7H2,1-2H3. The van der Waals surface area contributed by atoms with Crippen molar-refractivity contribution in [2.24, 2.45) is 5.92 Å². The Bertz CT molecular complexity index is 399. The van der Waals surface area contributed by atoms with E-state index in [1.54, 1.807) is 11.8 Å². The number of hydrogen-bond acceptors (Lipinski definition) is 2. The van der Waals surface area contributed by atoms with Gasteiger partial charge in [-0.05, 0) is 43.2 Å². The lowest BCUT2D eigenvalue weighted by atomic mass is 9.93. The van der Waals surface area contributed by atoms with E-state index in [9.17, 15) is 9.18 Å². The Morgan fingerprint density at radius 3 is 2.75 bits per heavy atom. The molecule has 0 aliphatic carbocycles. The van der Waals surface area contributed by atoms with Crippen molar-refractivity contribution < 1.29 is 9.18 Å². The molecule has 0 N–H and O–H groups in total. The van der Waals surface area contributed by atoms with Crippen LogP contribution in [0.3, 0.4) is 0 Å². The van der Waals surface area contributed by atoms with Crippen molar-refractivity contribution in [1.82, 2.24) is 0 Å². The third kappa shape index (κ3) is 2.14. The zero-order chi connectivity index (χ0) is 11.7. The third-order valence-electron chi connectivity index (χ3n) is 2.98. The van der Waals surface area contributed by atoms with Gasteiger partial charge in [0.1, 0.15) is 5.82 Å². The molecule has 1 nitrogen and oxygen atoms in total. The molecule has 1 saturated heterocycles. The Labute approximate surface area is 99.4 Å². The molecular formula is C13H15FOS. The summed E-state index contributed by atoms with van der Waals surface area (Å²) in [6, 6.07) is 3.32. The van der Waals surface area contributed by atoms with Gasteiger partial charge in [-0.15, -0.1) is 0 Å². The van der Waals surface area contributed by atoms with Crippen LogP contribution in [0, 0.1) is 25.6 Å². The maximum Gasteiger partial charge on any atom is 0.170 e. The first-order chi connectivity index (χ1) is 7.59. The van der Waals surface area contributed by atoms with Crippen LogP contribution in [0.5, 0.6) is 0 Å². The quantitative estimate of drug-likeness (QED) is 0.735. The Hall–Kier alpha value is -0.830. The van der Waals surface area contributed by atoms with Gasteiger partial charge in [-0.3, -0.25) is 4.79 Å². The fraction of sp³-hybridized carbons (Fsp3) is 0.462. The van der Waals surface area contributed by atoms with Gasteiger partial charge in [0.15, 0.2) is 5.78 Å². The molecule has 1 aliphatic heterocycles. The van der Waals surface area contributed by atoms with Gasteiger partial charge in [0.25, 0.3) is 0 Å². The predicted molar refractivity (Wildman–Crippen MR) is 65.6 cm³/mol. The normalized spacial score (nSPS) is 20.1. The lowest BCUT2D eigenvalue weighted by Gasteiger charge is -2.11. The molecule has 0 saturated carbocycles. The Balaban J connectivity index is 2.35. The van der Waals surface area contributed by atoms with Crippen LogP contribution in [0.25, 0.3) is 0 Å². The van der Waals surface area contributed by atoms with Crippen LogP contribution < -0.4 is 0 Å². The Kier molecular flexibility index (Phi) is 3.33. The van der Waals surface area contributed by atoms with Crippen LogP contribution in [-0.4, -0.2) is 17.3 Å². The highest BCUT2D eigenvalue weighted by Crippen LogP contribution is 2.29. The van der Waals surface area contributed by atoms with Gasteiger partial charge >= 0.3 is 0 Å². The summed E-state index contributed by atoms with van der Waals surface area (Å²) in [7, 11) is 0. The third-order valence-corrected chi connectivity index (χ3v) is 4.14. The number of carbonyl (C=O) groups is 1. The molecule has 1 aromatic carbocycles. The van der Waals surface area contributed by atoms with E-state index in [2.05, 4.69) is 0 Å². The fourth-order valence-electron chi connectivity index (χ4n) is 2.17. The van der Waals surface area contributed by atoms with E-state index < -0.39 is 0 Å². The lowest BCUT2D eigenvalue weighted by Crippen LogP contribution is -2.17. The van der Waals surface area contributed by atoms with E-state index in [1.165, 1.54) is 6.07 Å². The molecule has 0 aromatic heterocycles. The monoisotopic (exact) mass is 238 g/mol. The first kappa shape index (κ1) is 11.6. The number of ketones is 1. The molecule has 16 heavy (non-hydrogen) atoms. The van der Waals surface area contributed by atoms with Crippen LogP contribution in [0.2, 0.25) is 0 Å². The highest BCUT2D eigenvalue weighted by molar-refractivity contribution is 7.99. The summed E-state index contributed by atoms with van der Waals surface area (Å²) < 4.78 is 13.8. The number of aryl methyl sites for hydroxylation is 2. The number of carbonyl (C=O) groups excluding carboxylic acids is 1. The molecule has 0 amide bonds. The number of halogens is 1. The SMILES string of the molecule is Cc1cc(C)c(C(=O)C2CCSC2)c(F)c1. The summed E-state index contributed by atoms with van der Waals surface area (Å²) in [5.41, 5.74) is 1.94. The molecule has 1 aliphatic rings. The number of thioether (sulfide) groups is 1. The van der Waals surface area contributed by atoms with Crippen molar-refractivity contribution in [2.45, 2.75) is 20.3 Å².